The molecule has 3 aromatic rings. The molecule has 0 bridgehead atoms. The summed E-state index contributed by atoms with van der Waals surface area (Å²) in [6, 6.07) is 16.9. The third-order valence-corrected chi connectivity index (χ3v) is 8.10. The van der Waals surface area contributed by atoms with E-state index in [1.165, 1.54) is 40.7 Å². The molecule has 33 heavy (non-hydrogen) atoms. The molecule has 1 aliphatic heterocycles. The smallest absolute Gasteiger partial charge is 0.271 e. The van der Waals surface area contributed by atoms with Crippen molar-refractivity contribution >= 4 is 39.1 Å². The first-order chi connectivity index (χ1) is 15.7. The number of hydrogen-bond acceptors (Lipinski definition) is 2. The van der Waals surface area contributed by atoms with Gasteiger partial charge in [0.25, 0.3) is 0 Å². The molecule has 0 amide bonds. The fraction of sp³-hybridized carbons (Fsp3) is 0.250. The van der Waals surface area contributed by atoms with Gasteiger partial charge in [0, 0.05) is 19.0 Å². The van der Waals surface area contributed by atoms with Crippen LogP contribution in [0.4, 0.5) is 14.5 Å². The number of nitrogens with one attached hydrogen (secondary N) is 1. The molecule has 0 spiro atoms. The zero-order valence-corrected chi connectivity index (χ0v) is 19.8. The minimum absolute atomic E-state index is 0.0833. The van der Waals surface area contributed by atoms with E-state index in [9.17, 15) is 17.2 Å². The van der Waals surface area contributed by atoms with E-state index in [0.717, 1.165) is 17.5 Å². The maximum Gasteiger partial charge on any atom is 0.301 e. The van der Waals surface area contributed by atoms with E-state index in [-0.39, 0.29) is 35.0 Å². The van der Waals surface area contributed by atoms with Crippen LogP contribution in [0, 0.1) is 17.6 Å². The second kappa shape index (κ2) is 9.97. The zero-order valence-electron chi connectivity index (χ0n) is 17.5. The van der Waals surface area contributed by atoms with Crippen LogP contribution in [-0.4, -0.2) is 25.8 Å². The molecule has 1 fully saturated rings. The van der Waals surface area contributed by atoms with Crippen LogP contribution in [0.15, 0.2) is 66.7 Å². The Labute approximate surface area is 202 Å². The highest BCUT2D eigenvalue weighted by Crippen LogP contribution is 2.38. The van der Waals surface area contributed by atoms with E-state index in [1.54, 1.807) is 30.3 Å². The van der Waals surface area contributed by atoms with Crippen LogP contribution in [0.1, 0.15) is 29.9 Å². The van der Waals surface area contributed by atoms with Gasteiger partial charge in [-0.25, -0.2) is 8.78 Å². The minimum atomic E-state index is -3.85. The summed E-state index contributed by atoms with van der Waals surface area (Å²) in [4.78, 5) is 0. The highest BCUT2D eigenvalue weighted by molar-refractivity contribution is 7.90. The van der Waals surface area contributed by atoms with E-state index in [1.807, 2.05) is 0 Å². The number of benzene rings is 3. The second-order valence-corrected chi connectivity index (χ2v) is 10.6. The Balaban J connectivity index is 1.61. The monoisotopic (exact) mass is 510 g/mol. The van der Waals surface area contributed by atoms with Gasteiger partial charge >= 0.3 is 10.2 Å². The predicted octanol–water partition coefficient (Wildman–Crippen LogP) is 6.47. The normalized spacial score (nSPS) is 17.3. The average Bonchev–Trinajstić information content (AvgIpc) is 2.79. The van der Waals surface area contributed by atoms with Gasteiger partial charge in [0.2, 0.25) is 0 Å². The molecule has 1 atom stereocenters. The van der Waals surface area contributed by atoms with Gasteiger partial charge < -0.3 is 0 Å². The first-order valence-corrected chi connectivity index (χ1v) is 12.7. The first kappa shape index (κ1) is 24.0. The minimum Gasteiger partial charge on any atom is -0.271 e. The average molecular weight is 511 g/mol. The predicted molar refractivity (Wildman–Crippen MR) is 128 cm³/mol. The molecule has 4 rings (SSSR count). The van der Waals surface area contributed by atoms with Crippen LogP contribution in [-0.2, 0) is 10.2 Å². The molecule has 1 heterocycles. The number of nitrogens with zero attached hydrogens (tertiary/aromatic N) is 1. The van der Waals surface area contributed by atoms with Crippen LogP contribution in [0.2, 0.25) is 10.0 Å². The summed E-state index contributed by atoms with van der Waals surface area (Å²) in [7, 11) is -3.85. The van der Waals surface area contributed by atoms with Gasteiger partial charge in [0.1, 0.15) is 11.6 Å². The number of piperidine rings is 1. The van der Waals surface area contributed by atoms with E-state index >= 15 is 0 Å². The molecule has 3 aromatic carbocycles. The molecular formula is C24H22Cl2F2N2O2S. The molecule has 0 aromatic heterocycles. The van der Waals surface area contributed by atoms with Crippen LogP contribution < -0.4 is 4.72 Å². The lowest BCUT2D eigenvalue weighted by atomic mass is 9.77. The van der Waals surface area contributed by atoms with Gasteiger partial charge in [-0.05, 0) is 72.4 Å². The van der Waals surface area contributed by atoms with Crippen LogP contribution in [0.5, 0.6) is 0 Å². The Hall–Kier alpha value is -2.19. The number of halogens is 4. The van der Waals surface area contributed by atoms with Gasteiger partial charge in [-0.3, -0.25) is 4.72 Å². The number of hydrogen-bond donors (Lipinski definition) is 1. The lowest BCUT2D eigenvalue weighted by Crippen LogP contribution is -2.44. The van der Waals surface area contributed by atoms with Gasteiger partial charge in [0.05, 0.1) is 15.7 Å². The highest BCUT2D eigenvalue weighted by atomic mass is 35.5. The first-order valence-electron chi connectivity index (χ1n) is 10.5. The fourth-order valence-corrected chi connectivity index (χ4v) is 5.92. The Morgan fingerprint density at radius 3 is 2.00 bits per heavy atom. The zero-order chi connectivity index (χ0) is 23.6. The van der Waals surface area contributed by atoms with Crippen molar-refractivity contribution in [3.05, 3.63) is 99.5 Å². The topological polar surface area (TPSA) is 49.4 Å². The SMILES string of the molecule is O=S(=O)(Nc1ccc(Cl)c(Cl)c1)N1CCC[C@@H](C(c2ccc(F)cc2)c2ccc(F)cc2)C1. The number of anilines is 1. The molecule has 0 saturated carbocycles. The molecule has 0 aliphatic carbocycles. The lowest BCUT2D eigenvalue weighted by molar-refractivity contribution is 0.250. The maximum absolute atomic E-state index is 13.6. The number of rotatable bonds is 6. The molecular weight excluding hydrogens is 489 g/mol. The van der Waals surface area contributed by atoms with Gasteiger partial charge in [-0.15, -0.1) is 0 Å². The molecule has 174 valence electrons. The standard InChI is InChI=1S/C24H22Cl2F2N2O2S/c25-22-12-11-21(14-23(22)26)29-33(31,32)30-13-1-2-18(15-30)24(16-3-7-19(27)8-4-16)17-5-9-20(28)10-6-17/h3-12,14,18,24,29H,1-2,13,15H2/t18-/m1/s1. The van der Waals surface area contributed by atoms with Crippen molar-refractivity contribution in [2.24, 2.45) is 5.92 Å². The lowest BCUT2D eigenvalue weighted by Gasteiger charge is -2.37. The van der Waals surface area contributed by atoms with Crippen molar-refractivity contribution in [2.75, 3.05) is 17.8 Å². The van der Waals surface area contributed by atoms with Gasteiger partial charge in [-0.2, -0.15) is 12.7 Å². The molecule has 1 aliphatic rings. The molecule has 0 unspecified atom stereocenters. The summed E-state index contributed by atoms with van der Waals surface area (Å²) in [5, 5.41) is 0.583. The van der Waals surface area contributed by atoms with Crippen molar-refractivity contribution < 1.29 is 17.2 Å². The molecule has 1 N–H and O–H groups in total. The molecule has 4 nitrogen and oxygen atoms in total. The third kappa shape index (κ3) is 5.66. The van der Waals surface area contributed by atoms with Gasteiger partial charge in [0.15, 0.2) is 0 Å². The summed E-state index contributed by atoms with van der Waals surface area (Å²) in [6.07, 6.45) is 1.43. The van der Waals surface area contributed by atoms with Crippen LogP contribution >= 0.6 is 23.2 Å². The quantitative estimate of drug-likeness (QED) is 0.412. The molecule has 9 heteroatoms. The van der Waals surface area contributed by atoms with E-state index < -0.39 is 10.2 Å². The summed E-state index contributed by atoms with van der Waals surface area (Å²) >= 11 is 11.9. The summed E-state index contributed by atoms with van der Waals surface area (Å²) in [6.45, 7) is 0.628. The molecule has 1 saturated heterocycles. The Morgan fingerprint density at radius 2 is 1.45 bits per heavy atom. The Morgan fingerprint density at radius 1 is 0.879 bits per heavy atom. The van der Waals surface area contributed by atoms with Crippen molar-refractivity contribution in [3.63, 3.8) is 0 Å². The van der Waals surface area contributed by atoms with Crippen molar-refractivity contribution in [1.82, 2.24) is 4.31 Å². The van der Waals surface area contributed by atoms with Crippen molar-refractivity contribution in [1.29, 1.82) is 0 Å². The van der Waals surface area contributed by atoms with E-state index in [4.69, 9.17) is 23.2 Å². The van der Waals surface area contributed by atoms with Crippen molar-refractivity contribution in [2.45, 2.75) is 18.8 Å². The van der Waals surface area contributed by atoms with Gasteiger partial charge in [-0.1, -0.05) is 47.5 Å². The highest BCUT2D eigenvalue weighted by Gasteiger charge is 2.34. The Kier molecular flexibility index (Phi) is 7.24. The summed E-state index contributed by atoms with van der Waals surface area (Å²) in [5.41, 5.74) is 2.02. The largest absolute Gasteiger partial charge is 0.301 e. The fourth-order valence-electron chi connectivity index (χ4n) is 4.31. The van der Waals surface area contributed by atoms with Crippen LogP contribution in [0.25, 0.3) is 0 Å². The molecule has 0 radical (unpaired) electrons. The summed E-state index contributed by atoms with van der Waals surface area (Å²) < 4.78 is 57.3. The van der Waals surface area contributed by atoms with Crippen LogP contribution in [0.3, 0.4) is 0 Å². The second-order valence-electron chi connectivity index (χ2n) is 8.08. The maximum atomic E-state index is 13.6. The Bertz CT molecular complexity index is 1180. The van der Waals surface area contributed by atoms with E-state index in [2.05, 4.69) is 4.72 Å². The third-order valence-electron chi connectivity index (χ3n) is 5.86. The van der Waals surface area contributed by atoms with Crippen molar-refractivity contribution in [3.8, 4) is 0 Å². The summed E-state index contributed by atoms with van der Waals surface area (Å²) in [5.74, 6) is -1.00. The van der Waals surface area contributed by atoms with E-state index in [0.29, 0.717) is 23.7 Å².